The van der Waals surface area contributed by atoms with Gasteiger partial charge in [0.2, 0.25) is 5.89 Å². The number of fused-ring (bicyclic) bond motifs is 1. The highest BCUT2D eigenvalue weighted by Gasteiger charge is 2.24. The van der Waals surface area contributed by atoms with Crippen molar-refractivity contribution in [2.75, 3.05) is 11.1 Å². The normalized spacial score (nSPS) is 12.1. The summed E-state index contributed by atoms with van der Waals surface area (Å²) in [6.07, 6.45) is 3.55. The molecule has 0 fully saturated rings. The molecule has 3 heterocycles. The zero-order chi connectivity index (χ0) is 24.5. The molecular formula is C25H22ClN7O2. The summed E-state index contributed by atoms with van der Waals surface area (Å²) < 4.78 is 7.28. The van der Waals surface area contributed by atoms with E-state index in [0.717, 1.165) is 0 Å². The predicted molar refractivity (Wildman–Crippen MR) is 136 cm³/mol. The van der Waals surface area contributed by atoms with E-state index in [4.69, 9.17) is 26.7 Å². The fraction of sp³-hybridized carbons (Fsp3) is 0.160. The molecule has 0 aliphatic rings. The third-order valence-corrected chi connectivity index (χ3v) is 5.94. The maximum atomic E-state index is 13.7. The van der Waals surface area contributed by atoms with Gasteiger partial charge in [0, 0.05) is 0 Å². The molecule has 0 amide bonds. The summed E-state index contributed by atoms with van der Waals surface area (Å²) in [4.78, 5) is 31.4. The second-order valence-corrected chi connectivity index (χ2v) is 8.35. The average molecular weight is 488 g/mol. The van der Waals surface area contributed by atoms with Crippen LogP contribution in [0.15, 0.2) is 70.3 Å². The van der Waals surface area contributed by atoms with Crippen LogP contribution in [-0.4, -0.2) is 24.5 Å². The number of rotatable bonds is 6. The Hall–Kier alpha value is -4.24. The van der Waals surface area contributed by atoms with Gasteiger partial charge in [0.15, 0.2) is 0 Å². The van der Waals surface area contributed by atoms with Crippen LogP contribution >= 0.6 is 11.6 Å². The first-order chi connectivity index (χ1) is 17.0. The summed E-state index contributed by atoms with van der Waals surface area (Å²) in [5, 5.41) is 4.10. The maximum Gasteiger partial charge on any atom is 0.267 e. The lowest BCUT2D eigenvalue weighted by molar-refractivity contribution is 0.542. The number of aryl methyl sites for hydroxylation is 1. The number of para-hydroxylation sites is 1. The topological polar surface area (TPSA) is 125 Å². The van der Waals surface area contributed by atoms with E-state index in [1.165, 1.54) is 6.33 Å². The lowest BCUT2D eigenvalue weighted by atomic mass is 10.1. The molecule has 3 aromatic heterocycles. The minimum Gasteiger partial charge on any atom is -0.441 e. The van der Waals surface area contributed by atoms with Gasteiger partial charge in [0.1, 0.15) is 35.1 Å². The van der Waals surface area contributed by atoms with Gasteiger partial charge in [-0.1, -0.05) is 42.8 Å². The lowest BCUT2D eigenvalue weighted by Gasteiger charge is -2.23. The molecule has 0 aliphatic carbocycles. The number of nitrogens with zero attached hydrogens (tertiary/aromatic N) is 5. The number of benzene rings is 2. The van der Waals surface area contributed by atoms with Crippen LogP contribution in [0.1, 0.15) is 31.0 Å². The van der Waals surface area contributed by atoms with Crippen LogP contribution in [0, 0.1) is 6.92 Å². The van der Waals surface area contributed by atoms with Gasteiger partial charge in [-0.05, 0) is 37.6 Å². The molecule has 0 spiro atoms. The monoisotopic (exact) mass is 487 g/mol. The van der Waals surface area contributed by atoms with E-state index in [-0.39, 0.29) is 11.4 Å². The third kappa shape index (κ3) is 4.10. The Balaban J connectivity index is 1.71. The summed E-state index contributed by atoms with van der Waals surface area (Å²) in [6, 6.07) is 14.1. The van der Waals surface area contributed by atoms with Crippen LogP contribution in [0.25, 0.3) is 28.0 Å². The Morgan fingerprint density at radius 2 is 1.91 bits per heavy atom. The highest BCUT2D eigenvalue weighted by atomic mass is 35.5. The van der Waals surface area contributed by atoms with Crippen molar-refractivity contribution in [2.24, 2.45) is 0 Å². The summed E-state index contributed by atoms with van der Waals surface area (Å²) in [6.45, 7) is 3.78. The van der Waals surface area contributed by atoms with E-state index >= 15 is 0 Å². The number of halogens is 1. The highest BCUT2D eigenvalue weighted by Crippen LogP contribution is 2.33. The molecule has 0 saturated carbocycles. The van der Waals surface area contributed by atoms with Gasteiger partial charge in [-0.15, -0.1) is 0 Å². The van der Waals surface area contributed by atoms with Crippen molar-refractivity contribution in [1.29, 1.82) is 0 Å². The second kappa shape index (κ2) is 9.19. The van der Waals surface area contributed by atoms with Gasteiger partial charge in [0.05, 0.1) is 33.9 Å². The van der Waals surface area contributed by atoms with E-state index in [9.17, 15) is 4.79 Å². The number of nitrogens with two attached hydrogens (primary N) is 1. The number of anilines is 2. The van der Waals surface area contributed by atoms with Crippen LogP contribution in [0.4, 0.5) is 11.6 Å². The summed E-state index contributed by atoms with van der Waals surface area (Å²) in [5.74, 6) is 2.08. The summed E-state index contributed by atoms with van der Waals surface area (Å²) in [7, 11) is 0. The van der Waals surface area contributed by atoms with E-state index in [2.05, 4.69) is 20.3 Å². The van der Waals surface area contributed by atoms with Gasteiger partial charge >= 0.3 is 0 Å². The first-order valence-electron chi connectivity index (χ1n) is 11.0. The van der Waals surface area contributed by atoms with E-state index in [1.807, 2.05) is 37.3 Å². The van der Waals surface area contributed by atoms with Crippen LogP contribution in [0.5, 0.6) is 0 Å². The van der Waals surface area contributed by atoms with Gasteiger partial charge in [0.25, 0.3) is 5.56 Å². The van der Waals surface area contributed by atoms with Crippen LogP contribution in [0.2, 0.25) is 5.02 Å². The fourth-order valence-corrected chi connectivity index (χ4v) is 4.22. The Bertz CT molecular complexity index is 1580. The number of aromatic nitrogens is 5. The molecule has 5 aromatic rings. The molecule has 2 aromatic carbocycles. The van der Waals surface area contributed by atoms with Crippen LogP contribution in [-0.2, 0) is 0 Å². The van der Waals surface area contributed by atoms with Crippen molar-refractivity contribution < 1.29 is 4.42 Å². The fourth-order valence-electron chi connectivity index (χ4n) is 3.97. The molecule has 176 valence electrons. The van der Waals surface area contributed by atoms with Crippen molar-refractivity contribution in [2.45, 2.75) is 26.3 Å². The first-order valence-corrected chi connectivity index (χ1v) is 11.4. The number of hydrogen-bond acceptors (Lipinski definition) is 8. The van der Waals surface area contributed by atoms with Crippen molar-refractivity contribution in [1.82, 2.24) is 24.5 Å². The summed E-state index contributed by atoms with van der Waals surface area (Å²) >= 11 is 6.41. The first kappa shape index (κ1) is 22.5. The Kier molecular flexibility index (Phi) is 5.92. The molecule has 3 N–H and O–H groups in total. The molecule has 0 radical (unpaired) electrons. The van der Waals surface area contributed by atoms with Gasteiger partial charge < -0.3 is 15.5 Å². The minimum absolute atomic E-state index is 0.220. The van der Waals surface area contributed by atoms with E-state index in [1.54, 1.807) is 35.9 Å². The number of nitrogen functional groups attached to an aromatic ring is 1. The lowest BCUT2D eigenvalue weighted by Crippen LogP contribution is -2.28. The molecular weight excluding hydrogens is 466 g/mol. The smallest absolute Gasteiger partial charge is 0.267 e. The maximum absolute atomic E-state index is 13.7. The van der Waals surface area contributed by atoms with Crippen molar-refractivity contribution in [3.8, 4) is 17.1 Å². The molecule has 10 heteroatoms. The van der Waals surface area contributed by atoms with Crippen molar-refractivity contribution in [3.63, 3.8) is 0 Å². The Labute approximate surface area is 205 Å². The standard InChI is InChI=1S/C25H22ClN7O2/c1-3-17(31-22-20(21(27)29-13-30-22)24-28-12-14(2)35-24)23-32-18-11-7-10-16(26)19(18)25(34)33(23)15-8-5-4-6-9-15/h4-13,17H,3H2,1-2H3,(H3,27,29,30,31). The predicted octanol–water partition coefficient (Wildman–Crippen LogP) is 4.94. The van der Waals surface area contributed by atoms with E-state index < -0.39 is 6.04 Å². The van der Waals surface area contributed by atoms with Crippen molar-refractivity contribution >= 4 is 34.1 Å². The second-order valence-electron chi connectivity index (χ2n) is 7.94. The molecule has 1 unspecified atom stereocenters. The molecule has 9 nitrogen and oxygen atoms in total. The molecule has 35 heavy (non-hydrogen) atoms. The van der Waals surface area contributed by atoms with Crippen LogP contribution < -0.4 is 16.6 Å². The van der Waals surface area contributed by atoms with Gasteiger partial charge in [-0.2, -0.15) is 0 Å². The zero-order valence-corrected chi connectivity index (χ0v) is 19.8. The molecule has 5 rings (SSSR count). The van der Waals surface area contributed by atoms with Gasteiger partial charge in [-0.3, -0.25) is 9.36 Å². The Morgan fingerprint density at radius 3 is 2.63 bits per heavy atom. The number of hydrogen-bond donors (Lipinski definition) is 2. The summed E-state index contributed by atoms with van der Waals surface area (Å²) in [5.41, 5.74) is 7.55. The highest BCUT2D eigenvalue weighted by molar-refractivity contribution is 6.35. The van der Waals surface area contributed by atoms with Crippen molar-refractivity contribution in [3.05, 3.63) is 88.0 Å². The number of oxazole rings is 1. The zero-order valence-electron chi connectivity index (χ0n) is 19.1. The number of nitrogens with one attached hydrogen (secondary N) is 1. The quantitative estimate of drug-likeness (QED) is 0.345. The van der Waals surface area contributed by atoms with E-state index in [0.29, 0.717) is 56.9 Å². The molecule has 0 saturated heterocycles. The SMILES string of the molecule is CCC(Nc1ncnc(N)c1-c1ncc(C)o1)c1nc2cccc(Cl)c2c(=O)n1-c1ccccc1. The minimum atomic E-state index is -0.421. The average Bonchev–Trinajstić information content (AvgIpc) is 3.28. The van der Waals surface area contributed by atoms with Gasteiger partial charge in [-0.25, -0.2) is 19.9 Å². The Morgan fingerprint density at radius 1 is 1.11 bits per heavy atom. The molecule has 1 atom stereocenters. The largest absolute Gasteiger partial charge is 0.441 e. The third-order valence-electron chi connectivity index (χ3n) is 5.63. The molecule has 0 bridgehead atoms. The molecule has 0 aliphatic heterocycles. The van der Waals surface area contributed by atoms with Crippen LogP contribution in [0.3, 0.4) is 0 Å².